The minimum atomic E-state index is -0.782. The summed E-state index contributed by atoms with van der Waals surface area (Å²) < 4.78 is 10.9. The Hall–Kier alpha value is -4.84. The maximum Gasteiger partial charge on any atom is 0.419 e. The summed E-state index contributed by atoms with van der Waals surface area (Å²) in [5.74, 6) is -0.107. The standard InChI is InChI=1S/C29H30ClN7O5/c1-29(2,3)42-28(41)37-18(14-19-20(30)7-6-8-21(19)37)15-36-25(39)23-24(35(5)27(36)40)33-26(34(23)4)32-17-11-9-16(10-12-17)13-22(31)38/h6-12,14H,13,15H2,1-5H3,(H2,31,38)(H,32,33). The summed E-state index contributed by atoms with van der Waals surface area (Å²) in [6.45, 7) is 5.03. The molecule has 0 saturated carbocycles. The van der Waals surface area contributed by atoms with Crippen LogP contribution in [0.15, 0.2) is 58.1 Å². The van der Waals surface area contributed by atoms with E-state index in [4.69, 9.17) is 22.1 Å². The Bertz CT molecular complexity index is 1990. The van der Waals surface area contributed by atoms with Gasteiger partial charge in [0.2, 0.25) is 11.9 Å². The van der Waals surface area contributed by atoms with Gasteiger partial charge in [0.05, 0.1) is 24.2 Å². The number of benzene rings is 2. The van der Waals surface area contributed by atoms with E-state index in [1.54, 1.807) is 80.9 Å². The van der Waals surface area contributed by atoms with Crippen LogP contribution in [-0.2, 0) is 36.6 Å². The molecular weight excluding hydrogens is 562 g/mol. The van der Waals surface area contributed by atoms with Crippen molar-refractivity contribution in [1.29, 1.82) is 0 Å². The number of carbonyl (C=O) groups excluding carboxylic acids is 2. The summed E-state index contributed by atoms with van der Waals surface area (Å²) in [4.78, 5) is 56.3. The van der Waals surface area contributed by atoms with E-state index in [0.717, 1.165) is 10.1 Å². The molecule has 3 N–H and O–H groups in total. The number of aryl methyl sites for hydroxylation is 2. The van der Waals surface area contributed by atoms with E-state index in [-0.39, 0.29) is 24.1 Å². The molecule has 42 heavy (non-hydrogen) atoms. The maximum absolute atomic E-state index is 13.8. The number of amides is 1. The van der Waals surface area contributed by atoms with Crippen LogP contribution >= 0.6 is 11.6 Å². The van der Waals surface area contributed by atoms with Gasteiger partial charge in [0.15, 0.2) is 11.2 Å². The van der Waals surface area contributed by atoms with E-state index in [1.165, 1.54) is 16.2 Å². The second-order valence-electron chi connectivity index (χ2n) is 11.0. The van der Waals surface area contributed by atoms with E-state index in [1.807, 2.05) is 0 Å². The van der Waals surface area contributed by atoms with Crippen molar-refractivity contribution >= 4 is 57.3 Å². The highest BCUT2D eigenvalue weighted by Crippen LogP contribution is 2.28. The van der Waals surface area contributed by atoms with E-state index in [0.29, 0.717) is 33.3 Å². The number of nitrogens with two attached hydrogens (primary N) is 1. The van der Waals surface area contributed by atoms with Crippen molar-refractivity contribution in [3.05, 3.63) is 85.6 Å². The van der Waals surface area contributed by atoms with Gasteiger partial charge < -0.3 is 20.4 Å². The van der Waals surface area contributed by atoms with Gasteiger partial charge in [-0.25, -0.2) is 14.2 Å². The Labute approximate surface area is 244 Å². The molecule has 0 spiro atoms. The number of anilines is 2. The van der Waals surface area contributed by atoms with Gasteiger partial charge in [0, 0.05) is 30.2 Å². The molecule has 0 aliphatic heterocycles. The highest BCUT2D eigenvalue weighted by molar-refractivity contribution is 6.35. The highest BCUT2D eigenvalue weighted by Gasteiger charge is 2.25. The number of halogens is 1. The number of rotatable bonds is 6. The minimum absolute atomic E-state index is 0.118. The van der Waals surface area contributed by atoms with E-state index in [9.17, 15) is 19.2 Å². The molecule has 3 heterocycles. The number of imidazole rings is 1. The van der Waals surface area contributed by atoms with Crippen molar-refractivity contribution in [2.45, 2.75) is 39.3 Å². The predicted molar refractivity (Wildman–Crippen MR) is 161 cm³/mol. The number of hydrogen-bond acceptors (Lipinski definition) is 7. The van der Waals surface area contributed by atoms with Gasteiger partial charge in [0.1, 0.15) is 5.60 Å². The first kappa shape index (κ1) is 28.7. The zero-order chi connectivity index (χ0) is 30.5. The van der Waals surface area contributed by atoms with E-state index in [2.05, 4.69) is 10.3 Å². The number of primary amides is 1. The second kappa shape index (κ2) is 10.5. The molecule has 1 amide bonds. The van der Waals surface area contributed by atoms with Crippen molar-refractivity contribution in [2.75, 3.05) is 5.32 Å². The molecule has 0 atom stereocenters. The number of nitrogens with zero attached hydrogens (tertiary/aromatic N) is 5. The number of fused-ring (bicyclic) bond motifs is 2. The molecule has 218 valence electrons. The lowest BCUT2D eigenvalue weighted by Gasteiger charge is -2.21. The lowest BCUT2D eigenvalue weighted by atomic mass is 10.1. The molecule has 5 aromatic rings. The van der Waals surface area contributed by atoms with Gasteiger partial charge in [0.25, 0.3) is 5.56 Å². The summed E-state index contributed by atoms with van der Waals surface area (Å²) in [6.07, 6.45) is -0.539. The molecule has 0 aliphatic carbocycles. The molecule has 5 rings (SSSR count). The van der Waals surface area contributed by atoms with E-state index < -0.39 is 28.9 Å². The molecule has 0 radical (unpaired) electrons. The first-order valence-electron chi connectivity index (χ1n) is 13.1. The van der Waals surface area contributed by atoms with Crippen molar-refractivity contribution in [2.24, 2.45) is 19.8 Å². The van der Waals surface area contributed by atoms with Crippen LogP contribution in [0.2, 0.25) is 5.02 Å². The molecule has 0 bridgehead atoms. The summed E-state index contributed by atoms with van der Waals surface area (Å²) in [5.41, 5.74) is 5.92. The van der Waals surface area contributed by atoms with Gasteiger partial charge in [-0.05, 0) is 56.7 Å². The lowest BCUT2D eigenvalue weighted by Crippen LogP contribution is -2.40. The van der Waals surface area contributed by atoms with Gasteiger partial charge in [-0.15, -0.1) is 0 Å². The topological polar surface area (TPSA) is 148 Å². The third kappa shape index (κ3) is 5.28. The monoisotopic (exact) mass is 591 g/mol. The molecule has 0 fully saturated rings. The SMILES string of the molecule is Cn1c(Nc2ccc(CC(N)=O)cc2)nc2c1c(=O)n(Cc1cc3c(Cl)cccc3n1C(=O)OC(C)(C)C)c(=O)n2C. The average molecular weight is 592 g/mol. The first-order valence-corrected chi connectivity index (χ1v) is 13.5. The summed E-state index contributed by atoms with van der Waals surface area (Å²) in [6, 6.07) is 13.8. The van der Waals surface area contributed by atoms with Crippen LogP contribution in [0.4, 0.5) is 16.4 Å². The zero-order valence-corrected chi connectivity index (χ0v) is 24.5. The zero-order valence-electron chi connectivity index (χ0n) is 23.8. The number of ether oxygens (including phenoxy) is 1. The summed E-state index contributed by atoms with van der Waals surface area (Å²) in [5, 5.41) is 4.14. The van der Waals surface area contributed by atoms with Gasteiger partial charge in [-0.1, -0.05) is 29.8 Å². The van der Waals surface area contributed by atoms with Crippen LogP contribution in [0.1, 0.15) is 32.0 Å². The fourth-order valence-corrected chi connectivity index (χ4v) is 5.01. The highest BCUT2D eigenvalue weighted by atomic mass is 35.5. The fraction of sp³-hybridized carbons (Fsp3) is 0.276. The van der Waals surface area contributed by atoms with E-state index >= 15 is 0 Å². The quantitative estimate of drug-likeness (QED) is 0.306. The summed E-state index contributed by atoms with van der Waals surface area (Å²) in [7, 11) is 3.18. The number of aromatic nitrogens is 5. The Kier molecular flexibility index (Phi) is 7.19. The Morgan fingerprint density at radius 3 is 2.38 bits per heavy atom. The molecule has 3 aromatic heterocycles. The molecule has 13 heteroatoms. The van der Waals surface area contributed by atoms with Crippen molar-refractivity contribution in [1.82, 2.24) is 23.3 Å². The third-order valence-corrected chi connectivity index (χ3v) is 7.04. The van der Waals surface area contributed by atoms with Crippen molar-refractivity contribution in [3.8, 4) is 0 Å². The Morgan fingerprint density at radius 2 is 1.74 bits per heavy atom. The number of nitrogens with one attached hydrogen (secondary N) is 1. The van der Waals surface area contributed by atoms with Crippen molar-refractivity contribution in [3.63, 3.8) is 0 Å². The van der Waals surface area contributed by atoms with Crippen LogP contribution in [0.5, 0.6) is 0 Å². The smallest absolute Gasteiger partial charge is 0.419 e. The molecule has 0 aliphatic rings. The minimum Gasteiger partial charge on any atom is -0.443 e. The van der Waals surface area contributed by atoms with Crippen LogP contribution in [-0.4, -0.2) is 40.9 Å². The molecule has 0 saturated heterocycles. The number of carbonyl (C=O) groups is 2. The van der Waals surface area contributed by atoms with Crippen LogP contribution in [0.3, 0.4) is 0 Å². The van der Waals surface area contributed by atoms with Gasteiger partial charge in [-0.2, -0.15) is 4.98 Å². The average Bonchev–Trinajstić information content (AvgIpc) is 3.43. The second-order valence-corrected chi connectivity index (χ2v) is 11.4. The van der Waals surface area contributed by atoms with Crippen molar-refractivity contribution < 1.29 is 14.3 Å². The van der Waals surface area contributed by atoms with Crippen LogP contribution in [0.25, 0.3) is 22.1 Å². The first-order chi connectivity index (χ1) is 19.7. The summed E-state index contributed by atoms with van der Waals surface area (Å²) >= 11 is 6.43. The van der Waals surface area contributed by atoms with Gasteiger partial charge >= 0.3 is 11.8 Å². The molecular formula is C29H30ClN7O5. The third-order valence-electron chi connectivity index (χ3n) is 6.71. The predicted octanol–water partition coefficient (Wildman–Crippen LogP) is 3.64. The largest absolute Gasteiger partial charge is 0.443 e. The van der Waals surface area contributed by atoms with Crippen LogP contribution in [0, 0.1) is 0 Å². The fourth-order valence-electron chi connectivity index (χ4n) is 4.78. The number of hydrogen-bond donors (Lipinski definition) is 2. The maximum atomic E-state index is 13.8. The Balaban J connectivity index is 1.59. The molecule has 0 unspecified atom stereocenters. The molecule has 2 aromatic carbocycles. The van der Waals surface area contributed by atoms with Gasteiger partial charge in [-0.3, -0.25) is 18.7 Å². The van der Waals surface area contributed by atoms with Crippen LogP contribution < -0.4 is 22.3 Å². The normalized spacial score (nSPS) is 11.8. The lowest BCUT2D eigenvalue weighted by molar-refractivity contribution is -0.117. The Morgan fingerprint density at radius 1 is 1.05 bits per heavy atom. The molecule has 12 nitrogen and oxygen atoms in total.